The third kappa shape index (κ3) is 1.86. The third-order valence-corrected chi connectivity index (χ3v) is 3.68. The molecule has 0 saturated heterocycles. The first kappa shape index (κ1) is 7.84. The zero-order chi connectivity index (χ0) is 7.40. The van der Waals surface area contributed by atoms with Gasteiger partial charge in [0, 0.05) is 0 Å². The Balaban J connectivity index is 2.75. The van der Waals surface area contributed by atoms with Crippen molar-refractivity contribution >= 4 is 15.0 Å². The van der Waals surface area contributed by atoms with Gasteiger partial charge in [0.1, 0.15) is 0 Å². The Morgan fingerprint density at radius 3 is 2.30 bits per heavy atom. The van der Waals surface area contributed by atoms with Gasteiger partial charge < -0.3 is 0 Å². The van der Waals surface area contributed by atoms with Crippen molar-refractivity contribution in [3.05, 3.63) is 35.9 Å². The third-order valence-electron chi connectivity index (χ3n) is 1.62. The normalized spacial score (nSPS) is 13.0. The maximum absolute atomic E-state index is 2.29. The topological polar surface area (TPSA) is 0 Å². The molecule has 1 rings (SSSR count). The molecule has 0 saturated carbocycles. The molecule has 1 atom stereocenters. The second kappa shape index (κ2) is 3.80. The molecule has 1 unspecified atom stereocenters. The van der Waals surface area contributed by atoms with Gasteiger partial charge in [0.25, 0.3) is 0 Å². The van der Waals surface area contributed by atoms with Crippen molar-refractivity contribution in [2.75, 3.05) is 0 Å². The first-order valence-corrected chi connectivity index (χ1v) is 6.12. The number of rotatable bonds is 2. The fourth-order valence-electron chi connectivity index (χ4n) is 0.860. The first-order chi connectivity index (χ1) is 4.84. The van der Waals surface area contributed by atoms with Gasteiger partial charge in [0.15, 0.2) is 0 Å². The summed E-state index contributed by atoms with van der Waals surface area (Å²) in [5.74, 6) is 2.28. The van der Waals surface area contributed by atoms with Crippen LogP contribution in [0.5, 0.6) is 0 Å². The molecule has 0 radical (unpaired) electrons. The van der Waals surface area contributed by atoms with Gasteiger partial charge in [-0.3, -0.25) is 0 Å². The number of hydrogen-bond donors (Lipinski definition) is 0. The van der Waals surface area contributed by atoms with Crippen LogP contribution in [-0.4, -0.2) is 15.0 Å². The first-order valence-electron chi connectivity index (χ1n) is 3.42. The van der Waals surface area contributed by atoms with Crippen LogP contribution in [0.4, 0.5) is 0 Å². The number of hydrogen-bond acceptors (Lipinski definition) is 0. The quantitative estimate of drug-likeness (QED) is 0.642. The van der Waals surface area contributed by atoms with Crippen LogP contribution in [0.15, 0.2) is 30.3 Å². The van der Waals surface area contributed by atoms with Crippen LogP contribution in [0.1, 0.15) is 17.3 Å². The molecular weight excluding hydrogens is 187 g/mol. The Kier molecular flexibility index (Phi) is 2.98. The standard InChI is InChI=1S/C9H12Se/c1-8(10-2)9-6-4-3-5-7-9/h3-8H,1-2H3. The Hall–Kier alpha value is -0.261. The molecule has 0 heterocycles. The van der Waals surface area contributed by atoms with Crippen molar-refractivity contribution in [3.63, 3.8) is 0 Å². The van der Waals surface area contributed by atoms with Crippen LogP contribution >= 0.6 is 0 Å². The Labute approximate surface area is 68.8 Å². The summed E-state index contributed by atoms with van der Waals surface area (Å²) in [4.78, 5) is 0.772. The molecule has 0 nitrogen and oxygen atoms in total. The summed E-state index contributed by atoms with van der Waals surface area (Å²) in [7, 11) is 0. The van der Waals surface area contributed by atoms with Crippen LogP contribution in [0.3, 0.4) is 0 Å². The average Bonchev–Trinajstić information content (AvgIpc) is 2.05. The van der Waals surface area contributed by atoms with E-state index in [1.807, 2.05) is 0 Å². The van der Waals surface area contributed by atoms with Gasteiger partial charge >= 0.3 is 68.4 Å². The molecule has 10 heavy (non-hydrogen) atoms. The summed E-state index contributed by atoms with van der Waals surface area (Å²) in [6.45, 7) is 2.29. The van der Waals surface area contributed by atoms with Crippen molar-refractivity contribution < 1.29 is 0 Å². The van der Waals surface area contributed by atoms with Crippen molar-refractivity contribution in [2.24, 2.45) is 0 Å². The van der Waals surface area contributed by atoms with Gasteiger partial charge in [0.05, 0.1) is 0 Å². The van der Waals surface area contributed by atoms with Crippen molar-refractivity contribution in [1.82, 2.24) is 0 Å². The van der Waals surface area contributed by atoms with Crippen molar-refractivity contribution in [3.8, 4) is 0 Å². The van der Waals surface area contributed by atoms with E-state index in [1.165, 1.54) is 5.56 Å². The van der Waals surface area contributed by atoms with E-state index in [4.69, 9.17) is 0 Å². The van der Waals surface area contributed by atoms with Crippen LogP contribution < -0.4 is 0 Å². The summed E-state index contributed by atoms with van der Waals surface area (Å²) < 4.78 is 0. The molecular formula is C9H12Se. The van der Waals surface area contributed by atoms with E-state index in [9.17, 15) is 0 Å². The van der Waals surface area contributed by atoms with Gasteiger partial charge in [0.2, 0.25) is 0 Å². The fourth-order valence-corrected chi connectivity index (χ4v) is 1.76. The second-order valence-electron chi connectivity index (χ2n) is 2.29. The van der Waals surface area contributed by atoms with E-state index in [-0.39, 0.29) is 0 Å². The van der Waals surface area contributed by atoms with E-state index in [0.29, 0.717) is 0 Å². The van der Waals surface area contributed by atoms with Gasteiger partial charge in [-0.15, -0.1) is 0 Å². The van der Waals surface area contributed by atoms with E-state index in [2.05, 4.69) is 43.1 Å². The summed E-state index contributed by atoms with van der Waals surface area (Å²) in [5.41, 5.74) is 1.48. The molecule has 0 spiro atoms. The molecule has 0 aromatic heterocycles. The minimum absolute atomic E-state index is 0.737. The van der Waals surface area contributed by atoms with Gasteiger partial charge in [-0.05, 0) is 0 Å². The molecule has 0 fully saturated rings. The SMILES string of the molecule is C[Se]C(C)c1ccccc1. The Morgan fingerprint density at radius 2 is 1.80 bits per heavy atom. The second-order valence-corrected chi connectivity index (χ2v) is 4.76. The van der Waals surface area contributed by atoms with E-state index >= 15 is 0 Å². The van der Waals surface area contributed by atoms with E-state index in [1.54, 1.807) is 0 Å². The minimum atomic E-state index is 0.737. The summed E-state index contributed by atoms with van der Waals surface area (Å²) >= 11 is 0.737. The number of benzene rings is 1. The predicted molar refractivity (Wildman–Crippen MR) is 46.5 cm³/mol. The fraction of sp³-hybridized carbons (Fsp3) is 0.333. The molecule has 54 valence electrons. The van der Waals surface area contributed by atoms with Crippen molar-refractivity contribution in [1.29, 1.82) is 0 Å². The molecule has 1 aromatic rings. The molecule has 0 amide bonds. The van der Waals surface area contributed by atoms with Crippen molar-refractivity contribution in [2.45, 2.75) is 17.6 Å². The van der Waals surface area contributed by atoms with Crippen LogP contribution in [0.2, 0.25) is 5.82 Å². The maximum atomic E-state index is 2.29. The van der Waals surface area contributed by atoms with Gasteiger partial charge in [-0.1, -0.05) is 0 Å². The monoisotopic (exact) mass is 200 g/mol. The molecule has 0 N–H and O–H groups in total. The Morgan fingerprint density at radius 1 is 1.20 bits per heavy atom. The van der Waals surface area contributed by atoms with Gasteiger partial charge in [-0.25, -0.2) is 0 Å². The summed E-state index contributed by atoms with van der Waals surface area (Å²) in [5, 5.41) is 0. The predicted octanol–water partition coefficient (Wildman–Crippen LogP) is 2.50. The van der Waals surface area contributed by atoms with Crippen LogP contribution in [-0.2, 0) is 0 Å². The zero-order valence-corrected chi connectivity index (χ0v) is 8.09. The van der Waals surface area contributed by atoms with E-state index < -0.39 is 0 Å². The van der Waals surface area contributed by atoms with E-state index in [0.717, 1.165) is 19.8 Å². The average molecular weight is 199 g/mol. The molecule has 1 aromatic carbocycles. The molecule has 0 aliphatic carbocycles. The zero-order valence-electron chi connectivity index (χ0n) is 6.37. The van der Waals surface area contributed by atoms with Crippen LogP contribution in [0, 0.1) is 0 Å². The Bertz CT molecular complexity index is 181. The molecule has 1 heteroatoms. The molecule has 0 bridgehead atoms. The summed E-state index contributed by atoms with van der Waals surface area (Å²) in [6.07, 6.45) is 0. The summed E-state index contributed by atoms with van der Waals surface area (Å²) in [6, 6.07) is 10.7. The molecule has 0 aliphatic heterocycles. The van der Waals surface area contributed by atoms with Gasteiger partial charge in [-0.2, -0.15) is 0 Å². The van der Waals surface area contributed by atoms with Crippen LogP contribution in [0.25, 0.3) is 0 Å². The molecule has 0 aliphatic rings.